The second kappa shape index (κ2) is 12.2. The van der Waals surface area contributed by atoms with Crippen LogP contribution in [0.15, 0.2) is 36.5 Å². The lowest BCUT2D eigenvalue weighted by atomic mass is 9.60. The highest BCUT2D eigenvalue weighted by atomic mass is 35.5. The fourth-order valence-corrected chi connectivity index (χ4v) is 5.77. The van der Waals surface area contributed by atoms with E-state index in [1.54, 1.807) is 26.0 Å². The zero-order chi connectivity index (χ0) is 29.1. The number of amides is 3. The number of hydrogen-bond donors (Lipinski definition) is 4. The van der Waals surface area contributed by atoms with Crippen LogP contribution >= 0.6 is 23.2 Å². The van der Waals surface area contributed by atoms with Gasteiger partial charge < -0.3 is 30.7 Å². The lowest BCUT2D eigenvalue weighted by Crippen LogP contribution is -2.67. The molecule has 2 aromatic rings. The first kappa shape index (κ1) is 29.9. The highest BCUT2D eigenvalue weighted by Crippen LogP contribution is 2.49. The maximum Gasteiger partial charge on any atom is 0.319 e. The Morgan fingerprint density at radius 1 is 1.23 bits per heavy atom. The normalized spacial score (nSPS) is 17.3. The van der Waals surface area contributed by atoms with E-state index in [2.05, 4.69) is 25.8 Å². The summed E-state index contributed by atoms with van der Waals surface area (Å²) in [5.74, 6) is -0.966. The van der Waals surface area contributed by atoms with Crippen molar-refractivity contribution in [1.82, 2.24) is 20.5 Å². The number of hydrogen-bond acceptors (Lipinski definition) is 6. The summed E-state index contributed by atoms with van der Waals surface area (Å²) in [7, 11) is 0. The molecule has 3 amide bonds. The predicted molar refractivity (Wildman–Crippen MR) is 153 cm³/mol. The van der Waals surface area contributed by atoms with Gasteiger partial charge in [0.1, 0.15) is 5.02 Å². The number of pyridine rings is 1. The van der Waals surface area contributed by atoms with Gasteiger partial charge in [0, 0.05) is 44.1 Å². The highest BCUT2D eigenvalue weighted by molar-refractivity contribution is 6.35. The molecule has 0 unspecified atom stereocenters. The monoisotopic (exact) mass is 591 g/mol. The molecule has 1 spiro atoms. The quantitative estimate of drug-likeness (QED) is 0.301. The van der Waals surface area contributed by atoms with Crippen LogP contribution in [0.25, 0.3) is 0 Å². The van der Waals surface area contributed by atoms with Gasteiger partial charge in [0.15, 0.2) is 6.10 Å². The van der Waals surface area contributed by atoms with Crippen LogP contribution in [0, 0.1) is 10.8 Å². The van der Waals surface area contributed by atoms with Gasteiger partial charge in [-0.05, 0) is 62.3 Å². The Kier molecular flexibility index (Phi) is 9.12. The first-order chi connectivity index (χ1) is 18.9. The number of carboxylic acid groups (broad SMARTS) is 1. The maximum absolute atomic E-state index is 12.7. The number of nitrogens with zero attached hydrogens (tertiary/aromatic N) is 2. The molecule has 1 saturated heterocycles. The van der Waals surface area contributed by atoms with Gasteiger partial charge in [-0.25, -0.2) is 9.78 Å². The summed E-state index contributed by atoms with van der Waals surface area (Å²) >= 11 is 12.0. The van der Waals surface area contributed by atoms with E-state index >= 15 is 0 Å². The second-order valence-corrected chi connectivity index (χ2v) is 12.3. The highest BCUT2D eigenvalue weighted by Gasteiger charge is 2.53. The van der Waals surface area contributed by atoms with E-state index in [1.165, 1.54) is 12.3 Å². The molecule has 12 heteroatoms. The van der Waals surface area contributed by atoms with Crippen molar-refractivity contribution in [2.75, 3.05) is 25.0 Å². The van der Waals surface area contributed by atoms with Crippen LogP contribution in [0.3, 0.4) is 0 Å². The topological polar surface area (TPSA) is 133 Å². The molecule has 1 saturated carbocycles. The van der Waals surface area contributed by atoms with Crippen molar-refractivity contribution in [3.05, 3.63) is 52.1 Å². The van der Waals surface area contributed by atoms with E-state index in [0.29, 0.717) is 23.7 Å². The van der Waals surface area contributed by atoms with Crippen molar-refractivity contribution in [2.24, 2.45) is 10.8 Å². The van der Waals surface area contributed by atoms with E-state index in [-0.39, 0.29) is 40.8 Å². The molecule has 4 rings (SSSR count). The van der Waals surface area contributed by atoms with Gasteiger partial charge in [-0.1, -0.05) is 42.3 Å². The third-order valence-electron chi connectivity index (χ3n) is 7.35. The van der Waals surface area contributed by atoms with Crippen molar-refractivity contribution in [1.29, 1.82) is 0 Å². The lowest BCUT2D eigenvalue weighted by Gasteiger charge is -2.60. The van der Waals surface area contributed by atoms with Crippen molar-refractivity contribution in [2.45, 2.75) is 58.7 Å². The average Bonchev–Trinajstić information content (AvgIpc) is 2.84. The molecule has 2 heterocycles. The van der Waals surface area contributed by atoms with Crippen molar-refractivity contribution in [3.8, 4) is 5.88 Å². The third kappa shape index (κ3) is 7.35. The summed E-state index contributed by atoms with van der Waals surface area (Å²) in [6.07, 6.45) is 2.80. The summed E-state index contributed by atoms with van der Waals surface area (Å²) in [4.78, 5) is 42.9. The summed E-state index contributed by atoms with van der Waals surface area (Å²) < 4.78 is 5.69. The Balaban J connectivity index is 1.19. The van der Waals surface area contributed by atoms with Crippen molar-refractivity contribution < 1.29 is 24.2 Å². The zero-order valence-electron chi connectivity index (χ0n) is 22.8. The predicted octanol–water partition coefficient (Wildman–Crippen LogP) is 4.56. The molecule has 0 radical (unpaired) electrons. The number of nitrogens with one attached hydrogen (secondary N) is 3. The number of aromatic nitrogens is 1. The summed E-state index contributed by atoms with van der Waals surface area (Å²) in [5.41, 5.74) is 0.837. The van der Waals surface area contributed by atoms with Crippen LogP contribution in [0.2, 0.25) is 10.0 Å². The Morgan fingerprint density at radius 2 is 1.95 bits per heavy atom. The molecule has 216 valence electrons. The zero-order valence-corrected chi connectivity index (χ0v) is 24.3. The van der Waals surface area contributed by atoms with Crippen LogP contribution < -0.4 is 20.7 Å². The fourth-order valence-electron chi connectivity index (χ4n) is 5.35. The molecule has 10 nitrogen and oxygen atoms in total. The number of carbonyl (C=O) groups is 3. The summed E-state index contributed by atoms with van der Waals surface area (Å²) in [6.45, 7) is 7.81. The molecule has 1 aromatic heterocycles. The van der Waals surface area contributed by atoms with Gasteiger partial charge in [-0.3, -0.25) is 9.59 Å². The van der Waals surface area contributed by atoms with E-state index in [4.69, 9.17) is 27.9 Å². The molecule has 40 heavy (non-hydrogen) atoms. The molecule has 1 aliphatic carbocycles. The Morgan fingerprint density at radius 3 is 2.60 bits per heavy atom. The van der Waals surface area contributed by atoms with E-state index in [9.17, 15) is 19.5 Å². The third-order valence-corrected chi connectivity index (χ3v) is 7.83. The van der Waals surface area contributed by atoms with E-state index in [1.807, 2.05) is 19.1 Å². The number of carboxylic acids is 1. The number of carbonyl (C=O) groups excluding carboxylic acids is 2. The number of urea groups is 1. The van der Waals surface area contributed by atoms with Gasteiger partial charge in [0.25, 0.3) is 5.91 Å². The van der Waals surface area contributed by atoms with Crippen LogP contribution in [-0.2, 0) is 16.1 Å². The minimum atomic E-state index is -0.791. The minimum Gasteiger partial charge on any atom is -0.481 e. The number of halogens is 2. The number of rotatable bonds is 11. The van der Waals surface area contributed by atoms with Crippen LogP contribution in [0.5, 0.6) is 5.88 Å². The van der Waals surface area contributed by atoms with Gasteiger partial charge in [0.2, 0.25) is 5.88 Å². The molecule has 4 N–H and O–H groups in total. The number of likely N-dealkylation sites (tertiary alicyclic amines) is 1. The maximum atomic E-state index is 12.7. The number of anilines is 1. The van der Waals surface area contributed by atoms with E-state index in [0.717, 1.165) is 31.5 Å². The standard InChI is InChI=1S/C28H35Cl2N5O5/c1-4-22(40-24-21(30)9-18(29)13-32-24)23(36)31-12-17-6-5-7-19(8-17)33-26(39)34-20-10-28(11-20)15-35(16-28)14-27(2,3)25(37)38/h5-9,13,20,22H,4,10-12,14-16H2,1-3H3,(H,31,36)(H,37,38)(H2,33,34,39)/t22-/m1/s1. The van der Waals surface area contributed by atoms with Crippen molar-refractivity contribution in [3.63, 3.8) is 0 Å². The minimum absolute atomic E-state index is 0.0896. The largest absolute Gasteiger partial charge is 0.481 e. The molecular formula is C28H35Cl2N5O5. The Labute approximate surface area is 243 Å². The molecule has 1 atom stereocenters. The van der Waals surface area contributed by atoms with Crippen molar-refractivity contribution >= 4 is 46.8 Å². The summed E-state index contributed by atoms with van der Waals surface area (Å²) in [5, 5.41) is 18.7. The van der Waals surface area contributed by atoms with Crippen LogP contribution in [-0.4, -0.2) is 64.7 Å². The van der Waals surface area contributed by atoms with Gasteiger partial charge in [-0.2, -0.15) is 0 Å². The average molecular weight is 593 g/mol. The van der Waals surface area contributed by atoms with E-state index < -0.39 is 17.5 Å². The smallest absolute Gasteiger partial charge is 0.319 e. The molecule has 2 fully saturated rings. The molecular weight excluding hydrogens is 557 g/mol. The Hall–Kier alpha value is -3.08. The fraction of sp³-hybridized carbons (Fsp3) is 0.500. The number of aliphatic carboxylic acids is 1. The molecule has 2 aliphatic rings. The number of benzene rings is 1. The lowest BCUT2D eigenvalue weighted by molar-refractivity contribution is -0.152. The summed E-state index contributed by atoms with van der Waals surface area (Å²) in [6, 6.07) is 8.56. The second-order valence-electron chi connectivity index (χ2n) is 11.4. The van der Waals surface area contributed by atoms with Gasteiger partial charge in [-0.15, -0.1) is 0 Å². The first-order valence-electron chi connectivity index (χ1n) is 13.3. The Bertz CT molecular complexity index is 1260. The SMILES string of the molecule is CC[C@@H](Oc1ncc(Cl)cc1Cl)C(=O)NCc1cccc(NC(=O)NC2CC3(C2)CN(CC(C)(C)C(=O)O)C3)c1. The van der Waals surface area contributed by atoms with Crippen LogP contribution in [0.1, 0.15) is 45.6 Å². The molecule has 1 aliphatic heterocycles. The van der Waals surface area contributed by atoms with Gasteiger partial charge >= 0.3 is 12.0 Å². The molecule has 1 aromatic carbocycles. The first-order valence-corrected chi connectivity index (χ1v) is 14.0. The van der Waals surface area contributed by atoms with Gasteiger partial charge in [0.05, 0.1) is 10.4 Å². The van der Waals surface area contributed by atoms with Crippen LogP contribution in [0.4, 0.5) is 10.5 Å². The molecule has 0 bridgehead atoms. The number of ether oxygens (including phenoxy) is 1.